The van der Waals surface area contributed by atoms with Crippen molar-refractivity contribution in [1.82, 2.24) is 4.90 Å². The van der Waals surface area contributed by atoms with Crippen LogP contribution in [0.1, 0.15) is 28.8 Å². The molecule has 0 N–H and O–H groups in total. The third-order valence-corrected chi connectivity index (χ3v) is 6.41. The zero-order valence-electron chi connectivity index (χ0n) is 16.5. The van der Waals surface area contributed by atoms with Crippen LogP contribution in [0.25, 0.3) is 0 Å². The molecule has 0 radical (unpaired) electrons. The summed E-state index contributed by atoms with van der Waals surface area (Å²) in [6, 6.07) is 13.9. The maximum absolute atomic E-state index is 14.1. The Bertz CT molecular complexity index is 878. The summed E-state index contributed by atoms with van der Waals surface area (Å²) in [6.07, 6.45) is 4.62. The van der Waals surface area contributed by atoms with Gasteiger partial charge in [-0.3, -0.25) is 4.79 Å². The fourth-order valence-electron chi connectivity index (χ4n) is 4.05. The zero-order valence-corrected chi connectivity index (χ0v) is 17.3. The van der Waals surface area contributed by atoms with Crippen molar-refractivity contribution in [1.29, 1.82) is 0 Å². The van der Waals surface area contributed by atoms with E-state index >= 15 is 0 Å². The molecule has 0 unspecified atom stereocenters. The highest BCUT2D eigenvalue weighted by molar-refractivity contribution is 7.09. The van der Waals surface area contributed by atoms with E-state index in [0.717, 1.165) is 21.8 Å². The van der Waals surface area contributed by atoms with E-state index in [1.54, 1.807) is 31.0 Å². The van der Waals surface area contributed by atoms with Crippen LogP contribution in [0.3, 0.4) is 0 Å². The molecule has 0 atom stereocenters. The van der Waals surface area contributed by atoms with Gasteiger partial charge >= 0.3 is 0 Å². The van der Waals surface area contributed by atoms with Gasteiger partial charge in [-0.15, -0.1) is 11.3 Å². The number of thiophene rings is 1. The normalized spacial score (nSPS) is 15.8. The summed E-state index contributed by atoms with van der Waals surface area (Å²) >= 11 is 1.66. The minimum atomic E-state index is -0.661. The third-order valence-electron chi connectivity index (χ3n) is 5.55. The number of para-hydroxylation sites is 1. The lowest BCUT2D eigenvalue weighted by atomic mass is 9.72. The van der Waals surface area contributed by atoms with Crippen LogP contribution in [0.2, 0.25) is 0 Å². The van der Waals surface area contributed by atoms with Gasteiger partial charge < -0.3 is 18.8 Å². The molecule has 4 rings (SSSR count). The molecule has 0 bridgehead atoms. The third kappa shape index (κ3) is 4.09. The van der Waals surface area contributed by atoms with Crippen LogP contribution >= 0.6 is 11.3 Å². The van der Waals surface area contributed by atoms with E-state index in [4.69, 9.17) is 13.9 Å². The molecule has 3 heterocycles. The first-order valence-corrected chi connectivity index (χ1v) is 10.6. The van der Waals surface area contributed by atoms with E-state index in [-0.39, 0.29) is 5.91 Å². The number of ether oxygens (including phenoxy) is 2. The summed E-state index contributed by atoms with van der Waals surface area (Å²) in [5.41, 5.74) is 1.27. The minimum Gasteiger partial charge on any atom is -0.496 e. The Labute approximate surface area is 174 Å². The number of carbonyl (C=O) groups is 1. The smallest absolute Gasteiger partial charge is 0.234 e. The molecule has 1 aliphatic heterocycles. The van der Waals surface area contributed by atoms with Gasteiger partial charge in [-0.2, -0.15) is 0 Å². The van der Waals surface area contributed by atoms with Crippen LogP contribution in [0.4, 0.5) is 0 Å². The van der Waals surface area contributed by atoms with Gasteiger partial charge in [0.25, 0.3) is 0 Å². The van der Waals surface area contributed by atoms with Crippen molar-refractivity contribution in [2.24, 2.45) is 0 Å². The molecule has 6 heteroatoms. The van der Waals surface area contributed by atoms with Gasteiger partial charge in [-0.05, 0) is 36.4 Å². The lowest BCUT2D eigenvalue weighted by Gasteiger charge is -2.40. The van der Waals surface area contributed by atoms with Gasteiger partial charge in [0.2, 0.25) is 5.91 Å². The van der Waals surface area contributed by atoms with Crippen LogP contribution in [-0.4, -0.2) is 31.1 Å². The Morgan fingerprint density at radius 1 is 1.14 bits per heavy atom. The van der Waals surface area contributed by atoms with Crippen molar-refractivity contribution in [2.45, 2.75) is 31.3 Å². The van der Waals surface area contributed by atoms with Gasteiger partial charge in [0.15, 0.2) is 0 Å². The maximum Gasteiger partial charge on any atom is 0.234 e. The van der Waals surface area contributed by atoms with Crippen LogP contribution < -0.4 is 4.74 Å². The molecule has 0 spiro atoms. The zero-order chi connectivity index (χ0) is 20.1. The number of amides is 1. The first-order valence-electron chi connectivity index (χ1n) is 9.77. The summed E-state index contributed by atoms with van der Waals surface area (Å²) in [7, 11) is 1.66. The van der Waals surface area contributed by atoms with Crippen molar-refractivity contribution in [3.8, 4) is 5.75 Å². The average Bonchev–Trinajstić information content (AvgIpc) is 3.47. The van der Waals surface area contributed by atoms with Crippen molar-refractivity contribution in [3.05, 3.63) is 76.4 Å². The minimum absolute atomic E-state index is 0.111. The van der Waals surface area contributed by atoms with Crippen LogP contribution in [-0.2, 0) is 28.0 Å². The number of carbonyl (C=O) groups excluding carboxylic acids is 1. The van der Waals surface area contributed by atoms with Crippen molar-refractivity contribution >= 4 is 17.2 Å². The van der Waals surface area contributed by atoms with Gasteiger partial charge in [0, 0.05) is 35.8 Å². The molecule has 2 aromatic heterocycles. The van der Waals surface area contributed by atoms with Gasteiger partial charge in [-0.25, -0.2) is 0 Å². The SMILES string of the molecule is COc1ccccc1C1(C(=O)N(Cc2ccoc2)Cc2cccs2)CCOCC1. The van der Waals surface area contributed by atoms with Crippen molar-refractivity contribution in [2.75, 3.05) is 20.3 Å². The van der Waals surface area contributed by atoms with Crippen molar-refractivity contribution < 1.29 is 18.7 Å². The van der Waals surface area contributed by atoms with Gasteiger partial charge in [0.05, 0.1) is 31.6 Å². The second-order valence-electron chi connectivity index (χ2n) is 7.27. The van der Waals surface area contributed by atoms with E-state index < -0.39 is 5.41 Å². The lowest BCUT2D eigenvalue weighted by molar-refractivity contribution is -0.142. The Kier molecular flexibility index (Phi) is 6.02. The standard InChI is InChI=1S/C23H25NO4S/c1-26-21-7-3-2-6-20(21)23(9-12-27-13-10-23)22(25)24(15-18-8-11-28-17-18)16-19-5-4-14-29-19/h2-8,11,14,17H,9-10,12-13,15-16H2,1H3. The molecule has 1 amide bonds. The van der Waals surface area contributed by atoms with E-state index in [1.807, 2.05) is 46.7 Å². The topological polar surface area (TPSA) is 51.9 Å². The molecule has 5 nitrogen and oxygen atoms in total. The predicted molar refractivity (Wildman–Crippen MR) is 112 cm³/mol. The van der Waals surface area contributed by atoms with E-state index in [9.17, 15) is 4.79 Å². The van der Waals surface area contributed by atoms with E-state index in [1.165, 1.54) is 0 Å². The number of hydrogen-bond donors (Lipinski definition) is 0. The van der Waals surface area contributed by atoms with Gasteiger partial charge in [-0.1, -0.05) is 24.3 Å². The molecular weight excluding hydrogens is 386 g/mol. The lowest BCUT2D eigenvalue weighted by Crippen LogP contribution is -2.49. The Hall–Kier alpha value is -2.57. The molecule has 1 aliphatic rings. The first-order chi connectivity index (χ1) is 14.2. The summed E-state index contributed by atoms with van der Waals surface area (Å²) in [6.45, 7) is 2.19. The number of methoxy groups -OCH3 is 1. The number of furan rings is 1. The summed E-state index contributed by atoms with van der Waals surface area (Å²) in [5, 5.41) is 2.04. The Balaban J connectivity index is 1.73. The van der Waals surface area contributed by atoms with Crippen LogP contribution in [0.15, 0.2) is 64.8 Å². The maximum atomic E-state index is 14.1. The summed E-state index contributed by atoms with van der Waals surface area (Å²) < 4.78 is 16.5. The molecule has 1 saturated heterocycles. The largest absolute Gasteiger partial charge is 0.496 e. The van der Waals surface area contributed by atoms with E-state index in [0.29, 0.717) is 39.1 Å². The Morgan fingerprint density at radius 2 is 1.97 bits per heavy atom. The first kappa shape index (κ1) is 19.7. The fraction of sp³-hybridized carbons (Fsp3) is 0.348. The highest BCUT2D eigenvalue weighted by Gasteiger charge is 2.45. The second-order valence-corrected chi connectivity index (χ2v) is 8.30. The number of benzene rings is 1. The molecule has 0 saturated carbocycles. The summed E-state index contributed by atoms with van der Waals surface area (Å²) in [4.78, 5) is 17.2. The highest BCUT2D eigenvalue weighted by atomic mass is 32.1. The number of rotatable bonds is 7. The molecule has 1 fully saturated rings. The molecule has 0 aliphatic carbocycles. The predicted octanol–water partition coefficient (Wildman–Crippen LogP) is 4.63. The highest BCUT2D eigenvalue weighted by Crippen LogP contribution is 2.42. The molecule has 29 heavy (non-hydrogen) atoms. The Morgan fingerprint density at radius 3 is 2.66 bits per heavy atom. The molecule has 3 aromatic rings. The van der Waals surface area contributed by atoms with Crippen molar-refractivity contribution in [3.63, 3.8) is 0 Å². The average molecular weight is 412 g/mol. The van der Waals surface area contributed by atoms with Gasteiger partial charge in [0.1, 0.15) is 5.75 Å². The number of hydrogen-bond acceptors (Lipinski definition) is 5. The quantitative estimate of drug-likeness (QED) is 0.569. The van der Waals surface area contributed by atoms with Crippen LogP contribution in [0.5, 0.6) is 5.75 Å². The molecular formula is C23H25NO4S. The fourth-order valence-corrected chi connectivity index (χ4v) is 4.77. The molecule has 1 aromatic carbocycles. The molecule has 152 valence electrons. The second kappa shape index (κ2) is 8.84. The monoisotopic (exact) mass is 411 g/mol. The van der Waals surface area contributed by atoms with E-state index in [2.05, 4.69) is 6.07 Å². The number of nitrogens with zero attached hydrogens (tertiary/aromatic N) is 1. The van der Waals surface area contributed by atoms with Crippen LogP contribution in [0, 0.1) is 0 Å². The summed E-state index contributed by atoms with van der Waals surface area (Å²) in [5.74, 6) is 0.863.